The number of hydrogen-bond acceptors (Lipinski definition) is 1. The second-order valence-electron chi connectivity index (χ2n) is 6.86. The Hall–Kier alpha value is -0.590. The summed E-state index contributed by atoms with van der Waals surface area (Å²) in [6, 6.07) is 0. The summed E-state index contributed by atoms with van der Waals surface area (Å²) in [6.07, 6.45) is 7.58. The Labute approximate surface area is 99.3 Å². The van der Waals surface area contributed by atoms with Crippen LogP contribution in [0.5, 0.6) is 0 Å². The van der Waals surface area contributed by atoms with Gasteiger partial charge in [-0.25, -0.2) is 0 Å². The average Bonchev–Trinajstić information content (AvgIpc) is 2.82. The van der Waals surface area contributed by atoms with Crippen LogP contribution in [0.2, 0.25) is 0 Å². The molecule has 1 heteroatoms. The molecule has 0 aromatic heterocycles. The third-order valence-electron chi connectivity index (χ3n) is 4.60. The number of carbonyl (C=O) groups is 1. The van der Waals surface area contributed by atoms with Crippen molar-refractivity contribution in [3.63, 3.8) is 0 Å². The van der Waals surface area contributed by atoms with Crippen LogP contribution in [0.1, 0.15) is 59.8 Å². The molecule has 1 nitrogen and oxygen atoms in total. The van der Waals surface area contributed by atoms with Gasteiger partial charge in [-0.1, -0.05) is 32.4 Å². The molecule has 1 fully saturated rings. The second-order valence-corrected chi connectivity index (χ2v) is 6.86. The van der Waals surface area contributed by atoms with Crippen LogP contribution in [0.15, 0.2) is 11.6 Å². The maximum absolute atomic E-state index is 12.1. The molecule has 16 heavy (non-hydrogen) atoms. The molecule has 0 aromatic rings. The number of Topliss-reactive ketones (excluding diaryl/α,β-unsaturated/α-hetero) is 1. The lowest BCUT2D eigenvalue weighted by Crippen LogP contribution is -2.19. The van der Waals surface area contributed by atoms with Gasteiger partial charge in [-0.05, 0) is 43.9 Å². The highest BCUT2D eigenvalue weighted by molar-refractivity contribution is 5.87. The average molecular weight is 220 g/mol. The van der Waals surface area contributed by atoms with E-state index >= 15 is 0 Å². The van der Waals surface area contributed by atoms with Gasteiger partial charge in [0.25, 0.3) is 0 Å². The highest BCUT2D eigenvalue weighted by Crippen LogP contribution is 2.58. The topological polar surface area (TPSA) is 17.1 Å². The molecule has 0 spiro atoms. The van der Waals surface area contributed by atoms with E-state index in [1.165, 1.54) is 18.4 Å². The van der Waals surface area contributed by atoms with Crippen LogP contribution in [0.25, 0.3) is 0 Å². The molecule has 2 rings (SSSR count). The normalized spacial score (nSPS) is 41.9. The van der Waals surface area contributed by atoms with Crippen molar-refractivity contribution in [2.45, 2.75) is 59.8 Å². The minimum atomic E-state index is 0.0366. The van der Waals surface area contributed by atoms with E-state index in [4.69, 9.17) is 0 Å². The van der Waals surface area contributed by atoms with Crippen molar-refractivity contribution in [3.05, 3.63) is 11.6 Å². The lowest BCUT2D eigenvalue weighted by molar-refractivity contribution is -0.124. The van der Waals surface area contributed by atoms with Gasteiger partial charge in [-0.15, -0.1) is 0 Å². The van der Waals surface area contributed by atoms with E-state index in [1.54, 1.807) is 0 Å². The van der Waals surface area contributed by atoms with E-state index in [2.05, 4.69) is 33.8 Å². The minimum Gasteiger partial charge on any atom is -0.299 e. The van der Waals surface area contributed by atoms with Gasteiger partial charge < -0.3 is 0 Å². The molecule has 1 saturated carbocycles. The number of allylic oxidation sites excluding steroid dienone is 2. The van der Waals surface area contributed by atoms with Crippen molar-refractivity contribution in [2.24, 2.45) is 16.7 Å². The molecule has 2 aliphatic carbocycles. The van der Waals surface area contributed by atoms with E-state index in [1.807, 2.05) is 0 Å². The first-order chi connectivity index (χ1) is 7.33. The lowest BCUT2D eigenvalue weighted by Gasteiger charge is -2.25. The SMILES string of the molecule is C/C1=C/CC(C)(C)CC2CC2(C)C(=O)CC1. The zero-order chi connectivity index (χ0) is 12.0. The fraction of sp³-hybridized carbons (Fsp3) is 0.800. The first kappa shape index (κ1) is 11.9. The third-order valence-corrected chi connectivity index (χ3v) is 4.60. The fourth-order valence-corrected chi connectivity index (χ4v) is 2.99. The highest BCUT2D eigenvalue weighted by Gasteiger charge is 2.55. The molecule has 0 aromatic carbocycles. The summed E-state index contributed by atoms with van der Waals surface area (Å²) in [7, 11) is 0. The maximum Gasteiger partial charge on any atom is 0.139 e. The van der Waals surface area contributed by atoms with Crippen molar-refractivity contribution in [2.75, 3.05) is 0 Å². The van der Waals surface area contributed by atoms with Gasteiger partial charge in [-0.3, -0.25) is 4.79 Å². The van der Waals surface area contributed by atoms with Gasteiger partial charge >= 0.3 is 0 Å². The summed E-state index contributed by atoms with van der Waals surface area (Å²) in [4.78, 5) is 12.1. The third kappa shape index (κ3) is 2.23. The summed E-state index contributed by atoms with van der Waals surface area (Å²) in [5.74, 6) is 1.16. The molecule has 2 aliphatic rings. The molecule has 0 N–H and O–H groups in total. The van der Waals surface area contributed by atoms with Crippen LogP contribution in [-0.2, 0) is 4.79 Å². The summed E-state index contributed by atoms with van der Waals surface area (Å²) in [5.41, 5.74) is 1.79. The zero-order valence-electron chi connectivity index (χ0n) is 11.1. The van der Waals surface area contributed by atoms with E-state index in [0.717, 1.165) is 19.3 Å². The standard InChI is InChI=1S/C15H24O/c1-11-5-6-13(16)15(4)10-12(15)9-14(2,3)8-7-11/h7,12H,5-6,8-10H2,1-4H3/b11-7-. The van der Waals surface area contributed by atoms with Crippen molar-refractivity contribution < 1.29 is 4.79 Å². The highest BCUT2D eigenvalue weighted by atomic mass is 16.1. The summed E-state index contributed by atoms with van der Waals surface area (Å²) >= 11 is 0. The summed E-state index contributed by atoms with van der Waals surface area (Å²) in [6.45, 7) is 9.01. The molecule has 2 atom stereocenters. The Kier molecular flexibility index (Phi) is 2.76. The quantitative estimate of drug-likeness (QED) is 0.561. The van der Waals surface area contributed by atoms with Gasteiger partial charge in [0, 0.05) is 11.8 Å². The van der Waals surface area contributed by atoms with Crippen LogP contribution in [0.3, 0.4) is 0 Å². The molecule has 90 valence electrons. The molecular formula is C15H24O. The van der Waals surface area contributed by atoms with Crippen LogP contribution in [0, 0.1) is 16.7 Å². The summed E-state index contributed by atoms with van der Waals surface area (Å²) in [5, 5.41) is 0. The minimum absolute atomic E-state index is 0.0366. The monoisotopic (exact) mass is 220 g/mol. The van der Waals surface area contributed by atoms with Gasteiger partial charge in [0.05, 0.1) is 0 Å². The van der Waals surface area contributed by atoms with Crippen LogP contribution < -0.4 is 0 Å². The van der Waals surface area contributed by atoms with Crippen molar-refractivity contribution in [3.8, 4) is 0 Å². The molecule has 0 bridgehead atoms. The zero-order valence-corrected chi connectivity index (χ0v) is 11.1. The van der Waals surface area contributed by atoms with E-state index in [9.17, 15) is 4.79 Å². The van der Waals surface area contributed by atoms with Gasteiger partial charge in [0.2, 0.25) is 0 Å². The molecule has 0 heterocycles. The van der Waals surface area contributed by atoms with E-state index < -0.39 is 0 Å². The Morgan fingerprint density at radius 3 is 2.56 bits per heavy atom. The molecule has 0 aliphatic heterocycles. The van der Waals surface area contributed by atoms with Crippen molar-refractivity contribution in [1.29, 1.82) is 0 Å². The Morgan fingerprint density at radius 1 is 1.19 bits per heavy atom. The Bertz CT molecular complexity index is 337. The molecule has 0 amide bonds. The predicted octanol–water partition coefficient (Wildman–Crippen LogP) is 4.13. The van der Waals surface area contributed by atoms with Crippen molar-refractivity contribution in [1.82, 2.24) is 0 Å². The largest absolute Gasteiger partial charge is 0.299 e. The van der Waals surface area contributed by atoms with E-state index in [-0.39, 0.29) is 5.41 Å². The van der Waals surface area contributed by atoms with Crippen LogP contribution >= 0.6 is 0 Å². The predicted molar refractivity (Wildman–Crippen MR) is 67.2 cm³/mol. The number of rotatable bonds is 0. The second kappa shape index (κ2) is 3.72. The molecule has 0 saturated heterocycles. The summed E-state index contributed by atoms with van der Waals surface area (Å²) < 4.78 is 0. The van der Waals surface area contributed by atoms with Gasteiger partial charge in [0.1, 0.15) is 5.78 Å². The first-order valence-corrected chi connectivity index (χ1v) is 6.52. The number of carbonyl (C=O) groups excluding carboxylic acids is 1. The van der Waals surface area contributed by atoms with Crippen LogP contribution in [0.4, 0.5) is 0 Å². The number of fused-ring (bicyclic) bond motifs is 1. The van der Waals surface area contributed by atoms with Gasteiger partial charge in [0.15, 0.2) is 0 Å². The lowest BCUT2D eigenvalue weighted by atomic mass is 9.79. The molecular weight excluding hydrogens is 196 g/mol. The van der Waals surface area contributed by atoms with Crippen LogP contribution in [-0.4, -0.2) is 5.78 Å². The molecule has 0 radical (unpaired) electrons. The number of ketones is 1. The van der Waals surface area contributed by atoms with Crippen molar-refractivity contribution >= 4 is 5.78 Å². The number of hydrogen-bond donors (Lipinski definition) is 0. The Morgan fingerprint density at radius 2 is 1.88 bits per heavy atom. The smallest absolute Gasteiger partial charge is 0.139 e. The van der Waals surface area contributed by atoms with E-state index in [0.29, 0.717) is 17.1 Å². The molecule has 2 unspecified atom stereocenters. The van der Waals surface area contributed by atoms with Gasteiger partial charge in [-0.2, -0.15) is 0 Å². The first-order valence-electron chi connectivity index (χ1n) is 6.52. The fourth-order valence-electron chi connectivity index (χ4n) is 2.99. The Balaban J connectivity index is 2.18. The maximum atomic E-state index is 12.1.